The van der Waals surface area contributed by atoms with Gasteiger partial charge in [-0.1, -0.05) is 29.8 Å². The number of aryl methyl sites for hydroxylation is 3. The number of ketones is 1. The predicted octanol–water partition coefficient (Wildman–Crippen LogP) is 4.54. The van der Waals surface area contributed by atoms with E-state index < -0.39 is 30.0 Å². The highest BCUT2D eigenvalue weighted by Crippen LogP contribution is 2.60. The van der Waals surface area contributed by atoms with Gasteiger partial charge in [-0.2, -0.15) is 5.26 Å². The highest BCUT2D eigenvalue weighted by Gasteiger charge is 2.66. The molecule has 1 aliphatic carbocycles. The Morgan fingerprint density at radius 3 is 2.23 bits per heavy atom. The number of hydrogen-bond acceptors (Lipinski definition) is 4. The van der Waals surface area contributed by atoms with E-state index in [0.717, 1.165) is 27.8 Å². The smallest absolute Gasteiger partial charge is 0.173 e. The lowest BCUT2D eigenvalue weighted by atomic mass is 9.67. The van der Waals surface area contributed by atoms with Crippen LogP contribution in [-0.2, 0) is 9.53 Å². The van der Waals surface area contributed by atoms with Crippen LogP contribution in [-0.4, -0.2) is 23.1 Å². The maximum atomic E-state index is 13.6. The number of benzene rings is 2. The van der Waals surface area contributed by atoms with Gasteiger partial charge in [0.2, 0.25) is 0 Å². The van der Waals surface area contributed by atoms with E-state index in [1.54, 1.807) is 12.1 Å². The first-order valence-electron chi connectivity index (χ1n) is 10.2. The molecule has 0 spiro atoms. The second kappa shape index (κ2) is 6.52. The number of aliphatic hydroxyl groups excluding tert-OH is 1. The average Bonchev–Trinajstić information content (AvgIpc) is 3.33. The van der Waals surface area contributed by atoms with E-state index in [9.17, 15) is 19.6 Å². The van der Waals surface area contributed by atoms with Crippen molar-refractivity contribution < 1.29 is 19.0 Å². The van der Waals surface area contributed by atoms with Crippen molar-refractivity contribution >= 4 is 11.4 Å². The van der Waals surface area contributed by atoms with Crippen LogP contribution in [0.25, 0.3) is 5.57 Å². The van der Waals surface area contributed by atoms with E-state index in [0.29, 0.717) is 5.57 Å². The van der Waals surface area contributed by atoms with E-state index >= 15 is 0 Å². The Hall–Kier alpha value is -2.97. The summed E-state index contributed by atoms with van der Waals surface area (Å²) in [4.78, 5) is 13.6. The Labute approximate surface area is 174 Å². The van der Waals surface area contributed by atoms with Gasteiger partial charge in [-0.25, -0.2) is 4.39 Å². The van der Waals surface area contributed by atoms with Crippen LogP contribution in [0.1, 0.15) is 33.7 Å². The van der Waals surface area contributed by atoms with Gasteiger partial charge in [-0.3, -0.25) is 4.79 Å². The second-order valence-electron chi connectivity index (χ2n) is 8.75. The molecule has 5 rings (SSSR count). The summed E-state index contributed by atoms with van der Waals surface area (Å²) >= 11 is 0. The van der Waals surface area contributed by atoms with Crippen LogP contribution in [0.5, 0.6) is 0 Å². The summed E-state index contributed by atoms with van der Waals surface area (Å²) in [7, 11) is 0. The molecule has 152 valence electrons. The van der Waals surface area contributed by atoms with Crippen LogP contribution < -0.4 is 0 Å². The molecule has 2 aromatic rings. The lowest BCUT2D eigenvalue weighted by Crippen LogP contribution is -2.39. The zero-order valence-corrected chi connectivity index (χ0v) is 17.0. The molecule has 3 aliphatic rings. The van der Waals surface area contributed by atoms with Crippen LogP contribution >= 0.6 is 0 Å². The summed E-state index contributed by atoms with van der Waals surface area (Å²) in [5.41, 5.74) is 4.93. The number of nitriles is 1. The summed E-state index contributed by atoms with van der Waals surface area (Å²) in [5, 5.41) is 21.0. The third kappa shape index (κ3) is 2.44. The molecule has 2 bridgehead atoms. The van der Waals surface area contributed by atoms with Crippen LogP contribution in [0.4, 0.5) is 4.39 Å². The molecule has 4 nitrogen and oxygen atoms in total. The van der Waals surface area contributed by atoms with Gasteiger partial charge < -0.3 is 9.84 Å². The minimum absolute atomic E-state index is 0.0466. The molecule has 0 unspecified atom stereocenters. The van der Waals surface area contributed by atoms with Crippen LogP contribution in [0, 0.1) is 55.7 Å². The Balaban J connectivity index is 1.60. The van der Waals surface area contributed by atoms with Crippen molar-refractivity contribution in [2.45, 2.75) is 38.9 Å². The Morgan fingerprint density at radius 1 is 1.00 bits per heavy atom. The zero-order chi connectivity index (χ0) is 21.3. The second-order valence-corrected chi connectivity index (χ2v) is 8.75. The topological polar surface area (TPSA) is 70.3 Å². The van der Waals surface area contributed by atoms with Gasteiger partial charge in [0.05, 0.1) is 41.6 Å². The van der Waals surface area contributed by atoms with Crippen molar-refractivity contribution in [1.29, 1.82) is 5.26 Å². The fourth-order valence-electron chi connectivity index (χ4n) is 5.94. The Kier molecular flexibility index (Phi) is 4.13. The Morgan fingerprint density at radius 2 is 1.63 bits per heavy atom. The largest absolute Gasteiger partial charge is 0.511 e. The molecule has 0 saturated carbocycles. The number of nitrogens with zero attached hydrogens (tertiary/aromatic N) is 1. The number of carbonyl (C=O) groups excluding carboxylic acids is 1. The summed E-state index contributed by atoms with van der Waals surface area (Å²) in [6.45, 7) is 5.89. The summed E-state index contributed by atoms with van der Waals surface area (Å²) in [6.07, 6.45) is -1.05. The normalized spacial score (nSPS) is 31.9. The van der Waals surface area contributed by atoms with Gasteiger partial charge >= 0.3 is 0 Å². The first-order valence-corrected chi connectivity index (χ1v) is 10.2. The third-order valence-corrected chi connectivity index (χ3v) is 6.96. The quantitative estimate of drug-likeness (QED) is 0.799. The van der Waals surface area contributed by atoms with Crippen molar-refractivity contribution in [2.24, 2.45) is 17.8 Å². The number of ether oxygens (including phenoxy) is 1. The van der Waals surface area contributed by atoms with E-state index in [-0.39, 0.29) is 23.3 Å². The predicted molar refractivity (Wildman–Crippen MR) is 109 cm³/mol. The molecule has 6 atom stereocenters. The highest BCUT2D eigenvalue weighted by atomic mass is 19.1. The standard InChI is InChI=1S/C25H22FNO3/c1-11-8-12(2)17(13(3)9-11)19-22(28)20-21(23(19)29)25-18(16(10-27)24(20)30-25)14-4-6-15(26)7-5-14/h4-9,16,18,20-21,24-25,28H,1-3H3/t16-,18+,20-,21+,24-,25+/m0/s1. The molecule has 1 N–H and O–H groups in total. The molecule has 2 heterocycles. The van der Waals surface area contributed by atoms with Gasteiger partial charge in [0, 0.05) is 5.92 Å². The van der Waals surface area contributed by atoms with Crippen molar-refractivity contribution in [3.63, 3.8) is 0 Å². The SMILES string of the molecule is Cc1cc(C)c(C2=C(O)[C@H]3[C@H]4O[C@@H]([C@H]3C2=O)[C@H](c2ccc(F)cc2)[C@@H]4C#N)c(C)c1. The molecule has 2 aliphatic heterocycles. The number of Topliss-reactive ketones (excluding diaryl/α,β-unsaturated/α-hetero) is 1. The molecule has 30 heavy (non-hydrogen) atoms. The summed E-state index contributed by atoms with van der Waals surface area (Å²) in [6, 6.07) is 12.4. The molecular formula is C25H22FNO3. The number of aliphatic hydroxyl groups is 1. The minimum atomic E-state index is -0.549. The van der Waals surface area contributed by atoms with E-state index in [2.05, 4.69) is 6.07 Å². The maximum absolute atomic E-state index is 13.6. The molecule has 2 fully saturated rings. The van der Waals surface area contributed by atoms with Gasteiger partial charge in [-0.05, 0) is 55.2 Å². The fourth-order valence-corrected chi connectivity index (χ4v) is 5.94. The van der Waals surface area contributed by atoms with Crippen molar-refractivity contribution in [2.75, 3.05) is 0 Å². The molecule has 0 radical (unpaired) electrons. The average molecular weight is 403 g/mol. The van der Waals surface area contributed by atoms with E-state index in [4.69, 9.17) is 4.74 Å². The monoisotopic (exact) mass is 403 g/mol. The molecule has 0 amide bonds. The van der Waals surface area contributed by atoms with Crippen molar-refractivity contribution in [1.82, 2.24) is 0 Å². The first-order chi connectivity index (χ1) is 14.3. The molecular weight excluding hydrogens is 381 g/mol. The van der Waals surface area contributed by atoms with Gasteiger partial charge in [0.15, 0.2) is 5.78 Å². The van der Waals surface area contributed by atoms with Crippen LogP contribution in [0.15, 0.2) is 42.2 Å². The Bertz CT molecular complexity index is 1120. The number of halogens is 1. The number of hydrogen-bond donors (Lipinski definition) is 1. The van der Waals surface area contributed by atoms with E-state index in [1.807, 2.05) is 32.9 Å². The molecule has 0 aromatic heterocycles. The lowest BCUT2D eigenvalue weighted by molar-refractivity contribution is -0.119. The highest BCUT2D eigenvalue weighted by molar-refractivity contribution is 6.26. The van der Waals surface area contributed by atoms with Crippen molar-refractivity contribution in [3.05, 3.63) is 75.8 Å². The van der Waals surface area contributed by atoms with Gasteiger partial charge in [0.1, 0.15) is 11.6 Å². The van der Waals surface area contributed by atoms with Crippen LogP contribution in [0.2, 0.25) is 0 Å². The number of allylic oxidation sites excluding steroid dienone is 1. The molecule has 2 saturated heterocycles. The van der Waals surface area contributed by atoms with Crippen LogP contribution in [0.3, 0.4) is 0 Å². The van der Waals surface area contributed by atoms with Gasteiger partial charge in [0.25, 0.3) is 0 Å². The zero-order valence-electron chi connectivity index (χ0n) is 17.0. The first kappa shape index (κ1) is 19.0. The summed E-state index contributed by atoms with van der Waals surface area (Å²) in [5.74, 6) is -2.27. The maximum Gasteiger partial charge on any atom is 0.173 e. The lowest BCUT2D eigenvalue weighted by Gasteiger charge is -2.31. The number of carbonyl (C=O) groups is 1. The number of rotatable bonds is 2. The minimum Gasteiger partial charge on any atom is -0.511 e. The molecule has 5 heteroatoms. The molecule has 2 aromatic carbocycles. The number of fused-ring (bicyclic) bond motifs is 5. The van der Waals surface area contributed by atoms with Gasteiger partial charge in [-0.15, -0.1) is 0 Å². The summed E-state index contributed by atoms with van der Waals surface area (Å²) < 4.78 is 19.5. The van der Waals surface area contributed by atoms with Crippen molar-refractivity contribution in [3.8, 4) is 6.07 Å². The third-order valence-electron chi connectivity index (χ3n) is 6.96. The van der Waals surface area contributed by atoms with E-state index in [1.165, 1.54) is 12.1 Å². The fraction of sp³-hybridized carbons (Fsp3) is 0.360.